The second-order valence-electron chi connectivity index (χ2n) is 3.42. The largest absolute Gasteiger partial charge is 0.388 e. The maximum Gasteiger partial charge on any atom is 0.295 e. The third-order valence-electron chi connectivity index (χ3n) is 2.41. The van der Waals surface area contributed by atoms with E-state index in [2.05, 4.69) is 5.32 Å². The van der Waals surface area contributed by atoms with E-state index in [1.165, 1.54) is 6.07 Å². The van der Waals surface area contributed by atoms with Gasteiger partial charge in [-0.2, -0.15) is 8.42 Å². The molecule has 0 spiro atoms. The molecule has 0 aliphatic heterocycles. The lowest BCUT2D eigenvalue weighted by Crippen LogP contribution is -1.99. The average molecular weight is 237 g/mol. The Morgan fingerprint density at radius 1 is 1.19 bits per heavy atom. The Bertz CT molecular complexity index is 635. The molecule has 4 nitrogen and oxygen atoms in total. The van der Waals surface area contributed by atoms with Crippen LogP contribution in [0.15, 0.2) is 41.3 Å². The van der Waals surface area contributed by atoms with Gasteiger partial charge in [0.25, 0.3) is 10.1 Å². The Morgan fingerprint density at radius 3 is 2.56 bits per heavy atom. The smallest absolute Gasteiger partial charge is 0.295 e. The van der Waals surface area contributed by atoms with Crippen molar-refractivity contribution in [2.24, 2.45) is 0 Å². The highest BCUT2D eigenvalue weighted by Crippen LogP contribution is 2.25. The molecule has 0 bridgehead atoms. The first-order valence-electron chi connectivity index (χ1n) is 4.70. The van der Waals surface area contributed by atoms with E-state index in [1.807, 2.05) is 6.07 Å². The molecule has 0 aromatic heterocycles. The lowest BCUT2D eigenvalue weighted by atomic mass is 10.1. The molecular formula is C11H11NO3S. The van der Waals surface area contributed by atoms with Crippen LogP contribution in [0.2, 0.25) is 0 Å². The van der Waals surface area contributed by atoms with Gasteiger partial charge in [-0.25, -0.2) is 0 Å². The summed E-state index contributed by atoms with van der Waals surface area (Å²) < 4.78 is 31.4. The van der Waals surface area contributed by atoms with E-state index >= 15 is 0 Å². The molecular weight excluding hydrogens is 226 g/mol. The van der Waals surface area contributed by atoms with Crippen molar-refractivity contribution in [3.05, 3.63) is 36.4 Å². The topological polar surface area (TPSA) is 66.4 Å². The Kier molecular flexibility index (Phi) is 2.57. The normalized spacial score (nSPS) is 11.6. The maximum absolute atomic E-state index is 11.1. The highest BCUT2D eigenvalue weighted by atomic mass is 32.2. The minimum atomic E-state index is -4.17. The fourth-order valence-corrected chi connectivity index (χ4v) is 2.35. The van der Waals surface area contributed by atoms with Gasteiger partial charge in [-0.1, -0.05) is 18.2 Å². The number of benzene rings is 2. The molecule has 0 saturated heterocycles. The van der Waals surface area contributed by atoms with E-state index in [9.17, 15) is 8.42 Å². The van der Waals surface area contributed by atoms with Gasteiger partial charge >= 0.3 is 0 Å². The predicted molar refractivity (Wildman–Crippen MR) is 63.3 cm³/mol. The zero-order chi connectivity index (χ0) is 11.8. The molecule has 2 rings (SSSR count). The van der Waals surface area contributed by atoms with Gasteiger partial charge in [-0.05, 0) is 23.6 Å². The van der Waals surface area contributed by atoms with Crippen LogP contribution in [0.5, 0.6) is 0 Å². The van der Waals surface area contributed by atoms with Crippen molar-refractivity contribution in [1.29, 1.82) is 0 Å². The molecule has 0 unspecified atom stereocenters. The fourth-order valence-electron chi connectivity index (χ4n) is 1.63. The number of anilines is 1. The second-order valence-corrected chi connectivity index (χ2v) is 4.81. The number of hydrogen-bond acceptors (Lipinski definition) is 3. The molecule has 0 radical (unpaired) electrons. The van der Waals surface area contributed by atoms with E-state index in [0.717, 1.165) is 11.1 Å². The van der Waals surface area contributed by atoms with Crippen molar-refractivity contribution < 1.29 is 13.0 Å². The zero-order valence-electron chi connectivity index (χ0n) is 8.64. The number of hydrogen-bond donors (Lipinski definition) is 2. The van der Waals surface area contributed by atoms with Crippen molar-refractivity contribution in [3.63, 3.8) is 0 Å². The maximum atomic E-state index is 11.1. The summed E-state index contributed by atoms with van der Waals surface area (Å²) in [6, 6.07) is 10.0. The number of fused-ring (bicyclic) bond motifs is 1. The third-order valence-corrected chi connectivity index (χ3v) is 3.32. The van der Waals surface area contributed by atoms with Crippen molar-refractivity contribution in [1.82, 2.24) is 0 Å². The van der Waals surface area contributed by atoms with Crippen molar-refractivity contribution >= 4 is 26.6 Å². The number of nitrogens with one attached hydrogen (secondary N) is 1. The van der Waals surface area contributed by atoms with Gasteiger partial charge in [0, 0.05) is 18.1 Å². The van der Waals surface area contributed by atoms with E-state index in [0.29, 0.717) is 5.39 Å². The van der Waals surface area contributed by atoms with E-state index in [1.54, 1.807) is 31.3 Å². The Hall–Kier alpha value is -1.59. The van der Waals surface area contributed by atoms with Gasteiger partial charge in [-0.3, -0.25) is 4.55 Å². The van der Waals surface area contributed by atoms with Gasteiger partial charge in [0.05, 0.1) is 0 Å². The van der Waals surface area contributed by atoms with Crippen molar-refractivity contribution in [3.8, 4) is 0 Å². The summed E-state index contributed by atoms with van der Waals surface area (Å²) in [5.74, 6) is 0. The van der Waals surface area contributed by atoms with Gasteiger partial charge < -0.3 is 5.32 Å². The summed E-state index contributed by atoms with van der Waals surface area (Å²) >= 11 is 0. The predicted octanol–water partition coefficient (Wildman–Crippen LogP) is 2.13. The Balaban J connectivity index is 2.80. The fraction of sp³-hybridized carbons (Fsp3) is 0.0909. The lowest BCUT2D eigenvalue weighted by molar-refractivity contribution is 0.484. The van der Waals surface area contributed by atoms with Crippen LogP contribution in [0.1, 0.15) is 0 Å². The minimum Gasteiger partial charge on any atom is -0.388 e. The van der Waals surface area contributed by atoms with Crippen molar-refractivity contribution in [2.45, 2.75) is 4.90 Å². The van der Waals surface area contributed by atoms with Crippen LogP contribution in [0.4, 0.5) is 5.69 Å². The van der Waals surface area contributed by atoms with Crippen LogP contribution >= 0.6 is 0 Å². The second kappa shape index (κ2) is 3.77. The van der Waals surface area contributed by atoms with Crippen LogP contribution in [-0.2, 0) is 10.1 Å². The molecule has 2 aromatic carbocycles. The van der Waals surface area contributed by atoms with Crippen LogP contribution < -0.4 is 5.32 Å². The first kappa shape index (κ1) is 10.9. The molecule has 0 saturated carbocycles. The first-order chi connectivity index (χ1) is 7.52. The van der Waals surface area contributed by atoms with Crippen LogP contribution in [0.25, 0.3) is 10.8 Å². The molecule has 0 fully saturated rings. The summed E-state index contributed by atoms with van der Waals surface area (Å²) in [7, 11) is -2.38. The van der Waals surface area contributed by atoms with Crippen LogP contribution in [-0.4, -0.2) is 20.0 Å². The van der Waals surface area contributed by atoms with Crippen molar-refractivity contribution in [2.75, 3.05) is 12.4 Å². The summed E-state index contributed by atoms with van der Waals surface area (Å²) in [5.41, 5.74) is 0.889. The average Bonchev–Trinajstić information content (AvgIpc) is 2.26. The number of rotatable bonds is 2. The summed E-state index contributed by atoms with van der Waals surface area (Å²) in [6.07, 6.45) is 0. The highest BCUT2D eigenvalue weighted by molar-refractivity contribution is 7.86. The lowest BCUT2D eigenvalue weighted by Gasteiger charge is -2.05. The molecule has 0 atom stereocenters. The van der Waals surface area contributed by atoms with Gasteiger partial charge in [0.1, 0.15) is 4.90 Å². The monoisotopic (exact) mass is 237 g/mol. The molecule has 84 valence electrons. The molecule has 0 aliphatic carbocycles. The molecule has 2 aromatic rings. The van der Waals surface area contributed by atoms with Crippen LogP contribution in [0.3, 0.4) is 0 Å². The first-order valence-corrected chi connectivity index (χ1v) is 6.14. The van der Waals surface area contributed by atoms with E-state index in [-0.39, 0.29) is 4.90 Å². The van der Waals surface area contributed by atoms with E-state index in [4.69, 9.17) is 4.55 Å². The quantitative estimate of drug-likeness (QED) is 0.785. The summed E-state index contributed by atoms with van der Waals surface area (Å²) in [5, 5.41) is 4.25. The zero-order valence-corrected chi connectivity index (χ0v) is 9.45. The van der Waals surface area contributed by atoms with Gasteiger partial charge in [0.2, 0.25) is 0 Å². The molecule has 0 amide bonds. The minimum absolute atomic E-state index is 0.0624. The Labute approximate surface area is 93.7 Å². The SMILES string of the molecule is CNc1ccc2c(S(=O)(=O)O)cccc2c1. The van der Waals surface area contributed by atoms with E-state index < -0.39 is 10.1 Å². The molecule has 0 heterocycles. The van der Waals surface area contributed by atoms with Gasteiger partial charge in [-0.15, -0.1) is 0 Å². The van der Waals surface area contributed by atoms with Crippen LogP contribution in [0, 0.1) is 0 Å². The highest BCUT2D eigenvalue weighted by Gasteiger charge is 2.13. The Morgan fingerprint density at radius 2 is 1.94 bits per heavy atom. The van der Waals surface area contributed by atoms with Gasteiger partial charge in [0.15, 0.2) is 0 Å². The standard InChI is InChI=1S/C11H11NO3S/c1-12-9-5-6-10-8(7-9)3-2-4-11(10)16(13,14)15/h2-7,12H,1H3,(H,13,14,15). The molecule has 0 aliphatic rings. The molecule has 2 N–H and O–H groups in total. The summed E-state index contributed by atoms with van der Waals surface area (Å²) in [4.78, 5) is -0.0624. The third kappa shape index (κ3) is 1.87. The molecule has 16 heavy (non-hydrogen) atoms. The summed E-state index contributed by atoms with van der Waals surface area (Å²) in [6.45, 7) is 0. The molecule has 5 heteroatoms.